The van der Waals surface area contributed by atoms with E-state index in [0.717, 1.165) is 38.3 Å². The molecule has 1 saturated heterocycles. The molecule has 0 spiro atoms. The Balaban J connectivity index is 1.45. The van der Waals surface area contributed by atoms with E-state index in [0.29, 0.717) is 13.1 Å². The van der Waals surface area contributed by atoms with Crippen molar-refractivity contribution >= 4 is 23.2 Å². The van der Waals surface area contributed by atoms with Crippen LogP contribution in [0.2, 0.25) is 5.02 Å². The van der Waals surface area contributed by atoms with E-state index in [-0.39, 0.29) is 10.6 Å². The third-order valence-corrected chi connectivity index (χ3v) is 4.77. The van der Waals surface area contributed by atoms with E-state index in [1.807, 2.05) is 18.2 Å². The second-order valence-electron chi connectivity index (χ2n) is 6.17. The maximum Gasteiger partial charge on any atom is 0.252 e. The summed E-state index contributed by atoms with van der Waals surface area (Å²) in [4.78, 5) is 16.7. The molecule has 1 fully saturated rings. The molecule has 3 rings (SSSR count). The van der Waals surface area contributed by atoms with Gasteiger partial charge in [-0.2, -0.15) is 0 Å². The van der Waals surface area contributed by atoms with Gasteiger partial charge in [-0.1, -0.05) is 29.8 Å². The lowest BCUT2D eigenvalue weighted by Crippen LogP contribution is -2.48. The molecule has 0 radical (unpaired) electrons. The van der Waals surface area contributed by atoms with Crippen LogP contribution in [-0.2, 0) is 0 Å². The quantitative estimate of drug-likeness (QED) is 0.810. The number of para-hydroxylation sites is 1. The van der Waals surface area contributed by atoms with Crippen LogP contribution >= 0.6 is 11.6 Å². The van der Waals surface area contributed by atoms with Gasteiger partial charge in [0.2, 0.25) is 0 Å². The van der Waals surface area contributed by atoms with Crippen LogP contribution in [0.15, 0.2) is 42.5 Å². The lowest BCUT2D eigenvalue weighted by molar-refractivity contribution is 0.0947. The number of hydrogen-bond donors (Lipinski definition) is 1. The minimum Gasteiger partial charge on any atom is -0.369 e. The zero-order chi connectivity index (χ0) is 18.5. The smallest absolute Gasteiger partial charge is 0.252 e. The average Bonchev–Trinajstić information content (AvgIpc) is 2.66. The molecule has 1 N–H and O–H groups in total. The van der Waals surface area contributed by atoms with Crippen molar-refractivity contribution in [3.8, 4) is 0 Å². The lowest BCUT2D eigenvalue weighted by atomic mass is 10.2. The van der Waals surface area contributed by atoms with Gasteiger partial charge in [0.05, 0.1) is 10.6 Å². The zero-order valence-electron chi connectivity index (χ0n) is 14.2. The van der Waals surface area contributed by atoms with E-state index in [1.54, 1.807) is 0 Å². The topological polar surface area (TPSA) is 35.6 Å². The first-order valence-electron chi connectivity index (χ1n) is 8.49. The van der Waals surface area contributed by atoms with Crippen LogP contribution in [0.5, 0.6) is 0 Å². The minimum absolute atomic E-state index is 0.0561. The van der Waals surface area contributed by atoms with E-state index in [1.165, 1.54) is 5.69 Å². The molecule has 1 aliphatic rings. The number of anilines is 1. The number of nitrogens with zero attached hydrogens (tertiary/aromatic N) is 2. The first-order valence-corrected chi connectivity index (χ1v) is 8.87. The van der Waals surface area contributed by atoms with Crippen LogP contribution in [-0.4, -0.2) is 50.1 Å². The summed E-state index contributed by atoms with van der Waals surface area (Å²) in [5.41, 5.74) is 1.16. The number of amides is 1. The molecule has 7 heteroatoms. The predicted octanol–water partition coefficient (Wildman–Crippen LogP) is 3.17. The monoisotopic (exact) mass is 379 g/mol. The fourth-order valence-corrected chi connectivity index (χ4v) is 3.22. The van der Waals surface area contributed by atoms with Crippen LogP contribution in [0.1, 0.15) is 10.4 Å². The second kappa shape index (κ2) is 8.47. The van der Waals surface area contributed by atoms with E-state index >= 15 is 0 Å². The van der Waals surface area contributed by atoms with Crippen LogP contribution in [0, 0.1) is 11.6 Å². The fourth-order valence-electron chi connectivity index (χ4n) is 2.99. The van der Waals surface area contributed by atoms with Crippen molar-refractivity contribution < 1.29 is 13.6 Å². The van der Waals surface area contributed by atoms with E-state index in [4.69, 9.17) is 11.6 Å². The molecular weight excluding hydrogens is 360 g/mol. The van der Waals surface area contributed by atoms with Gasteiger partial charge in [0.15, 0.2) is 11.6 Å². The van der Waals surface area contributed by atoms with Crippen molar-refractivity contribution in [2.24, 2.45) is 0 Å². The van der Waals surface area contributed by atoms with Crippen molar-refractivity contribution in [3.63, 3.8) is 0 Å². The van der Waals surface area contributed by atoms with Gasteiger partial charge in [-0.3, -0.25) is 9.69 Å². The van der Waals surface area contributed by atoms with Crippen LogP contribution in [0.3, 0.4) is 0 Å². The Labute approximate surface area is 156 Å². The summed E-state index contributed by atoms with van der Waals surface area (Å²) in [6.07, 6.45) is 0. The van der Waals surface area contributed by atoms with Crippen molar-refractivity contribution in [3.05, 3.63) is 64.7 Å². The number of hydrogen-bond acceptors (Lipinski definition) is 3. The fraction of sp³-hybridized carbons (Fsp3) is 0.316. The van der Waals surface area contributed by atoms with Gasteiger partial charge in [-0.05, 0) is 24.3 Å². The zero-order valence-corrected chi connectivity index (χ0v) is 15.0. The number of carbonyl (C=O) groups excluding carboxylic acids is 1. The summed E-state index contributed by atoms with van der Waals surface area (Å²) in [6, 6.07) is 11.9. The Hall–Kier alpha value is -2.18. The summed E-state index contributed by atoms with van der Waals surface area (Å²) < 4.78 is 26.4. The molecule has 0 atom stereocenters. The number of halogens is 3. The highest BCUT2D eigenvalue weighted by molar-refractivity contribution is 6.33. The number of rotatable bonds is 5. The molecule has 138 valence electrons. The van der Waals surface area contributed by atoms with Crippen molar-refractivity contribution in [2.45, 2.75) is 0 Å². The minimum atomic E-state index is -1.09. The largest absolute Gasteiger partial charge is 0.369 e. The number of piperazine rings is 1. The molecule has 0 aromatic heterocycles. The average molecular weight is 380 g/mol. The summed E-state index contributed by atoms with van der Waals surface area (Å²) in [6.45, 7) is 4.75. The Morgan fingerprint density at radius 2 is 1.69 bits per heavy atom. The maximum absolute atomic E-state index is 13.3. The standard InChI is InChI=1S/C19H20ClF2N3O/c20-16-13-18(22)17(21)12-15(16)19(26)23-6-7-24-8-10-25(11-9-24)14-4-2-1-3-5-14/h1-5,12-13H,6-11H2,(H,23,26). The highest BCUT2D eigenvalue weighted by atomic mass is 35.5. The Bertz CT molecular complexity index is 765. The van der Waals surface area contributed by atoms with Crippen LogP contribution in [0.25, 0.3) is 0 Å². The van der Waals surface area contributed by atoms with Gasteiger partial charge >= 0.3 is 0 Å². The molecule has 0 saturated carbocycles. The molecule has 2 aromatic carbocycles. The first kappa shape index (κ1) is 18.6. The van der Waals surface area contributed by atoms with Gasteiger partial charge in [-0.25, -0.2) is 8.78 Å². The highest BCUT2D eigenvalue weighted by Gasteiger charge is 2.18. The van der Waals surface area contributed by atoms with Crippen molar-refractivity contribution in [1.29, 1.82) is 0 Å². The molecule has 26 heavy (non-hydrogen) atoms. The molecule has 0 aliphatic carbocycles. The predicted molar refractivity (Wildman–Crippen MR) is 98.8 cm³/mol. The van der Waals surface area contributed by atoms with E-state index in [9.17, 15) is 13.6 Å². The number of carbonyl (C=O) groups is 1. The van der Waals surface area contributed by atoms with Crippen molar-refractivity contribution in [1.82, 2.24) is 10.2 Å². The van der Waals surface area contributed by atoms with Gasteiger partial charge in [0.1, 0.15) is 0 Å². The van der Waals surface area contributed by atoms with Gasteiger partial charge in [0, 0.05) is 45.0 Å². The second-order valence-corrected chi connectivity index (χ2v) is 6.57. The summed E-state index contributed by atoms with van der Waals surface area (Å²) in [5.74, 6) is -2.66. The van der Waals surface area contributed by atoms with Crippen LogP contribution in [0.4, 0.5) is 14.5 Å². The van der Waals surface area contributed by atoms with Crippen LogP contribution < -0.4 is 10.2 Å². The summed E-state index contributed by atoms with van der Waals surface area (Å²) in [7, 11) is 0. The Kier molecular flexibility index (Phi) is 6.06. The summed E-state index contributed by atoms with van der Waals surface area (Å²) >= 11 is 5.81. The Morgan fingerprint density at radius 1 is 1.04 bits per heavy atom. The molecule has 1 aliphatic heterocycles. The third-order valence-electron chi connectivity index (χ3n) is 4.46. The normalized spacial score (nSPS) is 15.1. The Morgan fingerprint density at radius 3 is 2.38 bits per heavy atom. The maximum atomic E-state index is 13.3. The van der Waals surface area contributed by atoms with Crippen molar-refractivity contribution in [2.75, 3.05) is 44.2 Å². The number of nitrogens with one attached hydrogen (secondary N) is 1. The van der Waals surface area contributed by atoms with Gasteiger partial charge in [0.25, 0.3) is 5.91 Å². The molecule has 4 nitrogen and oxygen atoms in total. The first-order chi connectivity index (χ1) is 12.5. The summed E-state index contributed by atoms with van der Waals surface area (Å²) in [5, 5.41) is 2.61. The molecule has 0 bridgehead atoms. The molecule has 2 aromatic rings. The molecule has 0 unspecified atom stereocenters. The van der Waals surface area contributed by atoms with E-state index < -0.39 is 17.5 Å². The molecule has 1 amide bonds. The van der Waals surface area contributed by atoms with E-state index in [2.05, 4.69) is 27.2 Å². The lowest BCUT2D eigenvalue weighted by Gasteiger charge is -2.36. The highest BCUT2D eigenvalue weighted by Crippen LogP contribution is 2.20. The molecular formula is C19H20ClF2N3O. The molecule has 1 heterocycles. The third kappa shape index (κ3) is 4.51. The SMILES string of the molecule is O=C(NCCN1CCN(c2ccccc2)CC1)c1cc(F)c(F)cc1Cl. The van der Waals surface area contributed by atoms with Gasteiger partial charge in [-0.15, -0.1) is 0 Å². The van der Waals surface area contributed by atoms with Gasteiger partial charge < -0.3 is 10.2 Å². The number of benzene rings is 2.